The molecule has 1 saturated heterocycles. The number of nitrogens with zero attached hydrogens (tertiary/aromatic N) is 1. The number of carbonyl (C=O) groups excluding carboxylic acids is 1. The molecule has 4 nitrogen and oxygen atoms in total. The smallest absolute Gasteiger partial charge is 0.240 e. The number of carbonyl (C=O) groups is 1. The second-order valence-corrected chi connectivity index (χ2v) is 5.93. The van der Waals surface area contributed by atoms with E-state index in [2.05, 4.69) is 20.8 Å². The van der Waals surface area contributed by atoms with Crippen molar-refractivity contribution in [3.05, 3.63) is 28.2 Å². The van der Waals surface area contributed by atoms with Crippen LogP contribution in [0.3, 0.4) is 0 Å². The third kappa shape index (κ3) is 3.06. The van der Waals surface area contributed by atoms with Crippen LogP contribution in [0.2, 0.25) is 0 Å². The minimum atomic E-state index is -0.269. The molecule has 0 saturated carbocycles. The van der Waals surface area contributed by atoms with Gasteiger partial charge in [-0.15, -0.1) is 0 Å². The van der Waals surface area contributed by atoms with E-state index in [-0.39, 0.29) is 11.9 Å². The van der Waals surface area contributed by atoms with Gasteiger partial charge in [0, 0.05) is 22.3 Å². The summed E-state index contributed by atoms with van der Waals surface area (Å²) in [4.78, 5) is 13.9. The zero-order chi connectivity index (χ0) is 14.0. The third-order valence-electron chi connectivity index (χ3n) is 3.38. The average molecular weight is 342 g/mol. The Labute approximate surface area is 126 Å². The minimum absolute atomic E-state index is 0.226. The Morgan fingerprint density at radius 3 is 2.68 bits per heavy atom. The number of hydrogen-bond donors (Lipinski definition) is 2. The van der Waals surface area contributed by atoms with E-state index in [0.717, 1.165) is 41.5 Å². The molecule has 1 aliphatic rings. The van der Waals surface area contributed by atoms with Gasteiger partial charge in [0.05, 0.1) is 0 Å². The van der Waals surface area contributed by atoms with Crippen LogP contribution >= 0.6 is 28.1 Å². The van der Waals surface area contributed by atoms with Crippen molar-refractivity contribution < 1.29 is 4.79 Å². The summed E-state index contributed by atoms with van der Waals surface area (Å²) < 4.78 is 0.839. The topological polar surface area (TPSA) is 72.4 Å². The lowest BCUT2D eigenvalue weighted by molar-refractivity contribution is -0.119. The van der Waals surface area contributed by atoms with Crippen LogP contribution in [-0.4, -0.2) is 23.5 Å². The summed E-state index contributed by atoms with van der Waals surface area (Å²) in [6.07, 6.45) is 2.92. The second kappa shape index (κ2) is 5.88. The molecule has 1 unspecified atom stereocenters. The molecule has 0 spiro atoms. The van der Waals surface area contributed by atoms with Crippen LogP contribution < -0.4 is 16.4 Å². The van der Waals surface area contributed by atoms with Crippen molar-refractivity contribution >= 4 is 44.7 Å². The van der Waals surface area contributed by atoms with Gasteiger partial charge in [-0.25, -0.2) is 0 Å². The minimum Gasteiger partial charge on any atom is -0.389 e. The first-order valence-corrected chi connectivity index (χ1v) is 7.36. The zero-order valence-corrected chi connectivity index (χ0v) is 12.8. The molecule has 0 bridgehead atoms. The van der Waals surface area contributed by atoms with Crippen LogP contribution in [0.5, 0.6) is 0 Å². The number of nitrogens with two attached hydrogens (primary N) is 2. The first kappa shape index (κ1) is 14.3. The van der Waals surface area contributed by atoms with E-state index < -0.39 is 0 Å². The van der Waals surface area contributed by atoms with E-state index in [1.54, 1.807) is 0 Å². The molecule has 1 aromatic rings. The molecule has 0 aromatic heterocycles. The third-order valence-corrected chi connectivity index (χ3v) is 4.26. The van der Waals surface area contributed by atoms with Crippen molar-refractivity contribution in [1.29, 1.82) is 0 Å². The second-order valence-electron chi connectivity index (χ2n) is 4.64. The number of primary amides is 1. The van der Waals surface area contributed by atoms with Gasteiger partial charge in [0.25, 0.3) is 0 Å². The molecule has 2 rings (SSSR count). The number of rotatable bonds is 3. The predicted molar refractivity (Wildman–Crippen MR) is 84.2 cm³/mol. The highest BCUT2D eigenvalue weighted by Crippen LogP contribution is 2.29. The molecule has 1 aliphatic heterocycles. The lowest BCUT2D eigenvalue weighted by atomic mass is 10.0. The molecule has 1 fully saturated rings. The molecule has 6 heteroatoms. The standard InChI is InChI=1S/C13H16BrN3OS/c14-10-7-8(4-5-9(10)13(16)19)17-6-2-1-3-11(17)12(15)18/h4-5,7,11H,1-3,6H2,(H2,15,18)(H2,16,19). The Kier molecular flexibility index (Phi) is 4.42. The summed E-state index contributed by atoms with van der Waals surface area (Å²) in [5, 5.41) is 0. The number of halogens is 1. The number of amides is 1. The maximum absolute atomic E-state index is 11.5. The number of benzene rings is 1. The largest absolute Gasteiger partial charge is 0.389 e. The molecule has 1 amide bonds. The number of anilines is 1. The molecule has 1 atom stereocenters. The van der Waals surface area contributed by atoms with Gasteiger partial charge in [0.15, 0.2) is 0 Å². The summed E-state index contributed by atoms with van der Waals surface area (Å²) in [7, 11) is 0. The zero-order valence-electron chi connectivity index (χ0n) is 10.4. The molecule has 4 N–H and O–H groups in total. The molecular weight excluding hydrogens is 326 g/mol. The summed E-state index contributed by atoms with van der Waals surface area (Å²) >= 11 is 8.44. The van der Waals surface area contributed by atoms with E-state index in [1.807, 2.05) is 18.2 Å². The van der Waals surface area contributed by atoms with Gasteiger partial charge in [-0.05, 0) is 53.4 Å². The van der Waals surface area contributed by atoms with Crippen molar-refractivity contribution in [2.75, 3.05) is 11.4 Å². The maximum atomic E-state index is 11.5. The van der Waals surface area contributed by atoms with Gasteiger partial charge in [0.1, 0.15) is 11.0 Å². The van der Waals surface area contributed by atoms with Crippen molar-refractivity contribution in [3.63, 3.8) is 0 Å². The van der Waals surface area contributed by atoms with Crippen molar-refractivity contribution in [2.45, 2.75) is 25.3 Å². The Morgan fingerprint density at radius 1 is 1.37 bits per heavy atom. The van der Waals surface area contributed by atoms with Crippen LogP contribution in [0.25, 0.3) is 0 Å². The van der Waals surface area contributed by atoms with Crippen LogP contribution in [0.4, 0.5) is 5.69 Å². The van der Waals surface area contributed by atoms with E-state index in [0.29, 0.717) is 4.99 Å². The number of thiocarbonyl (C=S) groups is 1. The monoisotopic (exact) mass is 341 g/mol. The summed E-state index contributed by atoms with van der Waals surface area (Å²) in [5.41, 5.74) is 12.9. The van der Waals surface area contributed by atoms with Crippen LogP contribution in [0.15, 0.2) is 22.7 Å². The van der Waals surface area contributed by atoms with Gasteiger partial charge < -0.3 is 16.4 Å². The molecule has 102 valence electrons. The van der Waals surface area contributed by atoms with Gasteiger partial charge in [0.2, 0.25) is 5.91 Å². The maximum Gasteiger partial charge on any atom is 0.240 e. The Bertz CT molecular complexity index is 521. The normalized spacial score (nSPS) is 19.2. The first-order valence-electron chi connectivity index (χ1n) is 6.16. The van der Waals surface area contributed by atoms with Crippen LogP contribution in [0, 0.1) is 0 Å². The van der Waals surface area contributed by atoms with E-state index >= 15 is 0 Å². The molecule has 1 heterocycles. The Morgan fingerprint density at radius 2 is 2.11 bits per heavy atom. The van der Waals surface area contributed by atoms with Gasteiger partial charge in [-0.3, -0.25) is 4.79 Å². The highest BCUT2D eigenvalue weighted by molar-refractivity contribution is 9.10. The lowest BCUT2D eigenvalue weighted by Gasteiger charge is -2.35. The molecule has 0 aliphatic carbocycles. The summed E-state index contributed by atoms with van der Waals surface area (Å²) in [6, 6.07) is 5.52. The van der Waals surface area contributed by atoms with E-state index in [9.17, 15) is 4.79 Å². The quantitative estimate of drug-likeness (QED) is 0.824. The Balaban J connectivity index is 2.32. The molecule has 19 heavy (non-hydrogen) atoms. The van der Waals surface area contributed by atoms with Gasteiger partial charge in [-0.1, -0.05) is 12.2 Å². The van der Waals surface area contributed by atoms with Crippen molar-refractivity contribution in [3.8, 4) is 0 Å². The fraction of sp³-hybridized carbons (Fsp3) is 0.385. The average Bonchev–Trinajstić information content (AvgIpc) is 2.38. The molecule has 0 radical (unpaired) electrons. The lowest BCUT2D eigenvalue weighted by Crippen LogP contribution is -2.47. The fourth-order valence-electron chi connectivity index (χ4n) is 2.42. The van der Waals surface area contributed by atoms with Crippen molar-refractivity contribution in [1.82, 2.24) is 0 Å². The predicted octanol–water partition coefficient (Wildman–Crippen LogP) is 1.93. The number of piperidine rings is 1. The van der Waals surface area contributed by atoms with Gasteiger partial charge in [-0.2, -0.15) is 0 Å². The first-order chi connectivity index (χ1) is 9.00. The highest BCUT2D eigenvalue weighted by atomic mass is 79.9. The number of hydrogen-bond acceptors (Lipinski definition) is 3. The Hall–Kier alpha value is -1.14. The summed E-state index contributed by atoms with van der Waals surface area (Å²) in [6.45, 7) is 0.840. The van der Waals surface area contributed by atoms with Crippen LogP contribution in [-0.2, 0) is 4.79 Å². The van der Waals surface area contributed by atoms with Gasteiger partial charge >= 0.3 is 0 Å². The van der Waals surface area contributed by atoms with E-state index in [1.165, 1.54) is 0 Å². The summed E-state index contributed by atoms with van der Waals surface area (Å²) in [5.74, 6) is -0.269. The van der Waals surface area contributed by atoms with Crippen molar-refractivity contribution in [2.24, 2.45) is 11.5 Å². The van der Waals surface area contributed by atoms with Crippen LogP contribution in [0.1, 0.15) is 24.8 Å². The van der Waals surface area contributed by atoms with E-state index in [4.69, 9.17) is 23.7 Å². The molecule has 1 aromatic carbocycles. The highest BCUT2D eigenvalue weighted by Gasteiger charge is 2.27. The SMILES string of the molecule is NC(=O)C1CCCCN1c1ccc(C(N)=S)c(Br)c1. The fourth-order valence-corrected chi connectivity index (χ4v) is 3.31. The molecular formula is C13H16BrN3OS.